The number of phosphoric acid groups is 3. The number of aliphatic hydroxyl groups is 1. The van der Waals surface area contributed by atoms with Crippen LogP contribution in [0.1, 0.15) is 109 Å². The zero-order valence-corrected chi connectivity index (χ0v) is 49.0. The third kappa shape index (κ3) is 17.0. The smallest absolute Gasteiger partial charge is 0.390 e. The summed E-state index contributed by atoms with van der Waals surface area (Å²) < 4.78 is 94.7. The molecule has 1 fully saturated rings. The molecule has 3 aliphatic heterocycles. The summed E-state index contributed by atoms with van der Waals surface area (Å²) in [4.78, 5) is 81.4. The van der Waals surface area contributed by atoms with Gasteiger partial charge in [0.05, 0.1) is 35.1 Å². The zero-order valence-electron chi connectivity index (χ0n) is 44.7. The van der Waals surface area contributed by atoms with Gasteiger partial charge in [-0.05, 0) is 102 Å². The molecule has 11 N–H and O–H groups in total. The van der Waals surface area contributed by atoms with Crippen LogP contribution in [0.15, 0.2) is 87.2 Å². The van der Waals surface area contributed by atoms with Crippen LogP contribution in [0.4, 0.5) is 17.2 Å². The molecule has 0 bridgehead atoms. The molecule has 33 heteroatoms. The van der Waals surface area contributed by atoms with E-state index in [9.17, 15) is 55.9 Å². The van der Waals surface area contributed by atoms with Crippen molar-refractivity contribution in [2.45, 2.75) is 125 Å². The number of nitrogen functional groups attached to an aromatic ring is 1. The lowest BCUT2D eigenvalue weighted by molar-refractivity contribution is -0.433. The normalized spacial score (nSPS) is 21.9. The lowest BCUT2D eigenvalue weighted by Gasteiger charge is -2.30. The molecule has 3 aromatic rings. The van der Waals surface area contributed by atoms with Crippen molar-refractivity contribution in [3.8, 4) is 0 Å². The minimum absolute atomic E-state index is 0.0675. The van der Waals surface area contributed by atoms with Gasteiger partial charge in [0.25, 0.3) is 10.1 Å². The molecule has 6 atom stereocenters. The number of aromatic nitrogens is 2. The van der Waals surface area contributed by atoms with Crippen LogP contribution in [0.5, 0.6) is 0 Å². The number of nitrogens with two attached hydrogens (primary N) is 1. The molecule has 2 aromatic carbocycles. The number of allylic oxidation sites excluding steroid dienone is 4. The number of unbranched alkanes of at least 4 members (excludes halogenated alkanes) is 2. The molecular formula is C48H67N7O21P3S2+. The number of nitrogens with one attached hydrogen (secondary N) is 2. The number of rotatable bonds is 29. The van der Waals surface area contributed by atoms with Crippen molar-refractivity contribution in [2.24, 2.45) is 0 Å². The fourth-order valence-electron chi connectivity index (χ4n) is 9.92. The summed E-state index contributed by atoms with van der Waals surface area (Å²) >= 11 is 0.887. The van der Waals surface area contributed by atoms with Gasteiger partial charge in [0.15, 0.2) is 5.71 Å². The number of ether oxygens (including phenoxy) is 1. The first-order valence-corrected chi connectivity index (χ1v) is 32.1. The number of amides is 2. The van der Waals surface area contributed by atoms with Crippen LogP contribution in [0.2, 0.25) is 0 Å². The summed E-state index contributed by atoms with van der Waals surface area (Å²) in [5.74, 6) is -0.595. The molecule has 0 aliphatic carbocycles. The van der Waals surface area contributed by atoms with Crippen LogP contribution < -0.4 is 27.0 Å². The molecule has 0 spiro atoms. The number of benzene rings is 2. The maximum absolute atomic E-state index is 13.2. The predicted octanol–water partition coefficient (Wildman–Crippen LogP) is 5.80. The number of likely N-dealkylation sites (N-methyl/N-ethyl adjacent to an activating group) is 1. The summed E-state index contributed by atoms with van der Waals surface area (Å²) in [5, 5.41) is 28.7. The number of carbonyl (C=O) groups is 2. The molecule has 6 rings (SSSR count). The molecule has 4 heterocycles. The zero-order chi connectivity index (χ0) is 59.7. The highest BCUT2D eigenvalue weighted by atomic mass is 32.2. The van der Waals surface area contributed by atoms with Gasteiger partial charge in [-0.1, -0.05) is 29.7 Å². The van der Waals surface area contributed by atoms with Gasteiger partial charge in [0.1, 0.15) is 24.7 Å². The number of fused-ring (bicyclic) bond motifs is 2. The van der Waals surface area contributed by atoms with Gasteiger partial charge in [-0.3, -0.25) is 23.2 Å². The molecule has 3 aliphatic rings. The Morgan fingerprint density at radius 2 is 1.68 bits per heavy atom. The van der Waals surface area contributed by atoms with E-state index in [0.717, 1.165) is 49.9 Å². The van der Waals surface area contributed by atoms with Crippen molar-refractivity contribution in [3.05, 3.63) is 99.8 Å². The number of nitrogens with zero attached hydrogens (tertiary/aromatic N) is 4. The summed E-state index contributed by atoms with van der Waals surface area (Å²) in [6.45, 7) is 11.1. The average molecular weight is 1240 g/mol. The highest BCUT2D eigenvalue weighted by molar-refractivity contribution is 7.94. The molecule has 446 valence electrons. The van der Waals surface area contributed by atoms with Crippen LogP contribution in [0.3, 0.4) is 0 Å². The molecular weight excluding hydrogens is 1170 g/mol. The molecule has 28 nitrogen and oxygen atoms in total. The SMILES string of the molecule is CCN1C(=CC=CC2=[N+](CC)c3ccc(SOOO)cc3C2(C)C)C(C)(CCCC(=O)NCCCCCC(=O)NCC=Cc2cn([C@H]3C[C@@H](O)[C@@H](COP(=O)(O)OP(=O)(O)OP(=O)(O)O)O3)c(=O)nc2N)c2cc(S(=O)(=O)O)ccc21. The predicted molar refractivity (Wildman–Crippen MR) is 294 cm³/mol. The third-order valence-corrected chi connectivity index (χ3v) is 18.9. The minimum atomic E-state index is -5.78. The van der Waals surface area contributed by atoms with E-state index in [1.54, 1.807) is 12.1 Å². The fourth-order valence-corrected chi connectivity index (χ4v) is 13.9. The topological polar surface area (TPSA) is 408 Å². The third-order valence-electron chi connectivity index (χ3n) is 13.7. The van der Waals surface area contributed by atoms with Crippen LogP contribution in [0, 0.1) is 0 Å². The van der Waals surface area contributed by atoms with Crippen molar-refractivity contribution in [3.63, 3.8) is 0 Å². The number of phosphoric ester groups is 1. The summed E-state index contributed by atoms with van der Waals surface area (Å²) in [7, 11) is -21.5. The van der Waals surface area contributed by atoms with Crippen molar-refractivity contribution >= 4 is 86.4 Å². The van der Waals surface area contributed by atoms with Gasteiger partial charge < -0.3 is 50.7 Å². The summed E-state index contributed by atoms with van der Waals surface area (Å²) in [5.41, 5.74) is 9.63. The molecule has 1 aromatic heterocycles. The van der Waals surface area contributed by atoms with E-state index in [1.807, 2.05) is 44.2 Å². The Hall–Kier alpha value is -4.78. The van der Waals surface area contributed by atoms with Crippen LogP contribution in [0.25, 0.3) is 6.08 Å². The van der Waals surface area contributed by atoms with E-state index in [-0.39, 0.29) is 53.9 Å². The minimum Gasteiger partial charge on any atom is -0.390 e. The van der Waals surface area contributed by atoms with Crippen molar-refractivity contribution in [1.82, 2.24) is 20.2 Å². The van der Waals surface area contributed by atoms with E-state index >= 15 is 0 Å². The van der Waals surface area contributed by atoms with E-state index < -0.39 is 75.1 Å². The monoisotopic (exact) mass is 1230 g/mol. The van der Waals surface area contributed by atoms with Crippen molar-refractivity contribution in [2.75, 3.05) is 43.4 Å². The van der Waals surface area contributed by atoms with Crippen molar-refractivity contribution < 1.29 is 98.0 Å². The number of hydrogen-bond acceptors (Lipinski definition) is 20. The number of hydrogen-bond donors (Lipinski definition) is 10. The molecule has 3 unspecified atom stereocenters. The average Bonchev–Trinajstić information content (AvgIpc) is 4.18. The van der Waals surface area contributed by atoms with Crippen LogP contribution in [-0.4, -0.2) is 120 Å². The summed E-state index contributed by atoms with van der Waals surface area (Å²) in [6.07, 6.45) is 9.12. The van der Waals surface area contributed by atoms with Crippen LogP contribution in [-0.2, 0) is 71.5 Å². The highest BCUT2D eigenvalue weighted by Gasteiger charge is 2.47. The van der Waals surface area contributed by atoms with Crippen molar-refractivity contribution in [1.29, 1.82) is 0 Å². The van der Waals surface area contributed by atoms with E-state index in [0.29, 0.717) is 57.3 Å². The maximum Gasteiger partial charge on any atom is 0.490 e. The maximum atomic E-state index is 13.2. The standard InChI is InChI=1S/C48H66N7O21P3S2/c1-6-53-36-21-19-32(80-74-73-60)26-34(36)47(3,4)40(53)15-11-16-41-48(5,35-27-33(81(68,69)70)20-22-37(35)54(41)7-2)23-12-18-43(58)50-24-10-8-9-17-42(57)51-25-13-14-31-29-55(46(59)52-45(31)49)44-28-38(56)39(72-44)30-71-78(64,65)76-79(66,67)75-77(61,62)63/h11,13-16,19-22,26-27,29,38-39,44,56H,6-10,12,17-18,23-25,28,30H2,1-5H3,(H9-,49,50,51,52,57,58,59,60,61,62,63,64,65,66,67,68,69,70)/p+1/t38-,39-,44-,48?/m1/s1. The lowest BCUT2D eigenvalue weighted by atomic mass is 9.77. The van der Waals surface area contributed by atoms with Gasteiger partial charge in [0, 0.05) is 90.1 Å². The first-order chi connectivity index (χ1) is 37.9. The quantitative estimate of drug-likeness (QED) is 0.00746. The molecule has 0 saturated carbocycles. The van der Waals surface area contributed by atoms with Gasteiger partial charge in [-0.25, -0.2) is 23.7 Å². The van der Waals surface area contributed by atoms with E-state index in [2.05, 4.69) is 74.5 Å². The van der Waals surface area contributed by atoms with E-state index in [1.165, 1.54) is 24.4 Å². The fraction of sp³-hybridized carbons (Fsp3) is 0.479. The van der Waals surface area contributed by atoms with Gasteiger partial charge >= 0.3 is 29.2 Å². The highest BCUT2D eigenvalue weighted by Crippen LogP contribution is 2.66. The molecule has 0 radical (unpaired) electrons. The Labute approximate surface area is 470 Å². The lowest BCUT2D eigenvalue weighted by Crippen LogP contribution is -2.30. The molecule has 2 amide bonds. The summed E-state index contributed by atoms with van der Waals surface area (Å²) in [6, 6.07) is 10.4. The largest absolute Gasteiger partial charge is 0.490 e. The number of anilines is 2. The molecule has 1 saturated heterocycles. The molecule has 81 heavy (non-hydrogen) atoms. The Balaban J connectivity index is 0.966. The second kappa shape index (κ2) is 27.3. The van der Waals surface area contributed by atoms with Crippen LogP contribution >= 0.6 is 35.5 Å². The first kappa shape index (κ1) is 65.4. The Bertz CT molecular complexity index is 3280. The van der Waals surface area contributed by atoms with Gasteiger partial charge in [-0.2, -0.15) is 26.6 Å². The van der Waals surface area contributed by atoms with Gasteiger partial charge in [0.2, 0.25) is 17.5 Å². The van der Waals surface area contributed by atoms with Gasteiger partial charge in [-0.15, -0.1) is 4.33 Å². The van der Waals surface area contributed by atoms with E-state index in [4.69, 9.17) is 25.5 Å². The second-order valence-corrected chi connectivity index (χ2v) is 26.2. The first-order valence-electron chi connectivity index (χ1n) is 25.4. The Morgan fingerprint density at radius 3 is 2.36 bits per heavy atom. The number of carbonyl (C=O) groups excluding carboxylic acids is 2. The Kier molecular flexibility index (Phi) is 22.0. The Morgan fingerprint density at radius 1 is 0.963 bits per heavy atom. The number of aliphatic hydroxyl groups excluding tert-OH is 1. The second-order valence-electron chi connectivity index (χ2n) is 19.6.